The Bertz CT molecular complexity index is 379. The maximum Gasteiger partial charge on any atom is 0.217 e. The first-order chi connectivity index (χ1) is 7.26. The number of carbonyl (C=O) groups is 1. The van der Waals surface area contributed by atoms with Crippen LogP contribution < -0.4 is 5.73 Å². The summed E-state index contributed by atoms with van der Waals surface area (Å²) in [4.78, 5) is 10.5. The van der Waals surface area contributed by atoms with E-state index >= 15 is 0 Å². The van der Waals surface area contributed by atoms with E-state index in [0.29, 0.717) is 6.08 Å². The van der Waals surface area contributed by atoms with Gasteiger partial charge in [-0.1, -0.05) is 0 Å². The lowest BCUT2D eigenvalue weighted by molar-refractivity contribution is -0.118. The number of carbonyl (C=O) groups excluding carboxylic acids is 1. The molecule has 2 nitrogen and oxygen atoms in total. The third kappa shape index (κ3) is 2.61. The second-order valence-corrected chi connectivity index (χ2v) is 2.90. The summed E-state index contributed by atoms with van der Waals surface area (Å²) in [6, 6.07) is 0. The van der Waals surface area contributed by atoms with Crippen molar-refractivity contribution < 1.29 is 20.7 Å². The first-order valence-electron chi connectivity index (χ1n) is 4.98. The molecular weight excluding hydrogens is 195 g/mol. The Morgan fingerprint density at radius 3 is 2.86 bits per heavy atom. The van der Waals surface area contributed by atoms with Crippen LogP contribution in [0, 0.1) is 5.92 Å². The predicted molar refractivity (Wildman–Crippen MR) is 45.0 cm³/mol. The van der Waals surface area contributed by atoms with E-state index in [4.69, 9.17) is 8.48 Å². The Morgan fingerprint density at radius 2 is 2.29 bits per heavy atom. The van der Waals surface area contributed by atoms with E-state index in [1.807, 2.05) is 0 Å². The Morgan fingerprint density at radius 1 is 1.64 bits per heavy atom. The largest absolute Gasteiger partial charge is 0.370 e. The molecule has 0 fully saturated rings. The van der Waals surface area contributed by atoms with Crippen LogP contribution >= 0.6 is 0 Å². The molecule has 78 valence electrons. The van der Waals surface area contributed by atoms with Crippen LogP contribution in [0.5, 0.6) is 0 Å². The molecule has 14 heavy (non-hydrogen) atoms. The average molecular weight is 207 g/mol. The van der Waals surface area contributed by atoms with Crippen LogP contribution in [0.25, 0.3) is 0 Å². The number of hydrogen-bond acceptors (Lipinski definition) is 1. The molecule has 0 aliphatic heterocycles. The van der Waals surface area contributed by atoms with Crippen LogP contribution in [0.3, 0.4) is 0 Å². The highest BCUT2D eigenvalue weighted by Crippen LogP contribution is 2.33. The van der Waals surface area contributed by atoms with Gasteiger partial charge in [-0.15, -0.1) is 0 Å². The van der Waals surface area contributed by atoms with Crippen LogP contribution in [-0.4, -0.2) is 5.91 Å². The van der Waals surface area contributed by atoms with E-state index in [-0.39, 0.29) is 12.8 Å². The quantitative estimate of drug-likeness (QED) is 0.757. The molecule has 1 unspecified atom stereocenters. The van der Waals surface area contributed by atoms with E-state index < -0.39 is 35.7 Å². The van der Waals surface area contributed by atoms with Crippen molar-refractivity contribution in [1.82, 2.24) is 0 Å². The highest BCUT2D eigenvalue weighted by Gasteiger charge is 2.23. The summed E-state index contributed by atoms with van der Waals surface area (Å²) in [7, 11) is 0. The molecule has 1 aliphatic rings. The van der Waals surface area contributed by atoms with Crippen LogP contribution in [0.4, 0.5) is 13.2 Å². The van der Waals surface area contributed by atoms with Crippen LogP contribution in [0.1, 0.15) is 22.0 Å². The zero-order chi connectivity index (χ0) is 12.5. The lowest BCUT2D eigenvalue weighted by Gasteiger charge is -2.15. The number of hydrogen-bond donors (Lipinski definition) is 1. The molecule has 1 aliphatic carbocycles. The van der Waals surface area contributed by atoms with Crippen molar-refractivity contribution in [3.8, 4) is 0 Å². The molecule has 0 aromatic carbocycles. The van der Waals surface area contributed by atoms with E-state index in [2.05, 4.69) is 0 Å². The van der Waals surface area contributed by atoms with Crippen molar-refractivity contribution in [2.75, 3.05) is 0 Å². The van der Waals surface area contributed by atoms with E-state index in [9.17, 15) is 18.0 Å². The number of nitrogens with two attached hydrogens (primary N) is 1. The van der Waals surface area contributed by atoms with Gasteiger partial charge in [0.25, 0.3) is 0 Å². The minimum absolute atomic E-state index is 0.170. The number of rotatable bonds is 3. The van der Waals surface area contributed by atoms with Gasteiger partial charge < -0.3 is 5.73 Å². The van der Waals surface area contributed by atoms with Crippen molar-refractivity contribution in [3.05, 3.63) is 23.6 Å². The third-order valence-electron chi connectivity index (χ3n) is 1.76. The zero-order valence-corrected chi connectivity index (χ0v) is 7.19. The van der Waals surface area contributed by atoms with Gasteiger partial charge in [0.1, 0.15) is 5.83 Å². The molecule has 0 saturated carbocycles. The predicted octanol–water partition coefficient (Wildman–Crippen LogP) is 2.28. The summed E-state index contributed by atoms with van der Waals surface area (Å²) in [5.74, 6) is -6.98. The Labute approximate surface area is 82.1 Å². The fourth-order valence-electron chi connectivity index (χ4n) is 1.08. The van der Waals surface area contributed by atoms with Crippen LogP contribution in [0.15, 0.2) is 23.6 Å². The molecule has 5 heteroatoms. The zero-order valence-electron chi connectivity index (χ0n) is 9.19. The van der Waals surface area contributed by atoms with Gasteiger partial charge in [0, 0.05) is 15.5 Å². The normalized spacial score (nSPS) is 27.9. The number of halogens is 3. The molecule has 0 radical (unpaired) electrons. The van der Waals surface area contributed by atoms with Crippen LogP contribution in [-0.2, 0) is 4.79 Å². The van der Waals surface area contributed by atoms with Gasteiger partial charge in [-0.05, 0) is 18.4 Å². The fraction of sp³-hybridized carbons (Fsp3) is 0.444. The topological polar surface area (TPSA) is 43.1 Å². The summed E-state index contributed by atoms with van der Waals surface area (Å²) in [5, 5.41) is 0. The molecule has 1 rings (SSSR count). The summed E-state index contributed by atoms with van der Waals surface area (Å²) >= 11 is 0. The number of primary amides is 1. The molecule has 0 saturated heterocycles. The molecule has 0 aromatic rings. The summed E-state index contributed by atoms with van der Waals surface area (Å²) in [6.45, 7) is 0. The minimum atomic E-state index is -2.64. The van der Waals surface area contributed by atoms with Crippen molar-refractivity contribution in [2.24, 2.45) is 11.7 Å². The molecule has 2 N–H and O–H groups in total. The van der Waals surface area contributed by atoms with Crippen molar-refractivity contribution in [3.63, 3.8) is 0 Å². The maximum atomic E-state index is 13.1. The molecule has 0 aromatic heterocycles. The first-order valence-corrected chi connectivity index (χ1v) is 3.98. The van der Waals surface area contributed by atoms with Crippen molar-refractivity contribution in [2.45, 2.75) is 19.2 Å². The molecule has 0 bridgehead atoms. The smallest absolute Gasteiger partial charge is 0.217 e. The van der Waals surface area contributed by atoms with Crippen LogP contribution in [0.2, 0.25) is 0 Å². The lowest BCUT2D eigenvalue weighted by Crippen LogP contribution is -2.13. The monoisotopic (exact) mass is 207 g/mol. The Kier molecular flexibility index (Phi) is 2.48. The highest BCUT2D eigenvalue weighted by molar-refractivity contribution is 5.73. The van der Waals surface area contributed by atoms with Gasteiger partial charge in [0.2, 0.25) is 5.91 Å². The van der Waals surface area contributed by atoms with E-state index in [0.717, 1.165) is 0 Å². The summed E-state index contributed by atoms with van der Waals surface area (Å²) < 4.78 is 53.3. The van der Waals surface area contributed by atoms with Gasteiger partial charge in [-0.3, -0.25) is 4.79 Å². The molecule has 1 amide bonds. The van der Waals surface area contributed by atoms with Gasteiger partial charge in [-0.2, -0.15) is 0 Å². The lowest BCUT2D eigenvalue weighted by atomic mass is 9.94. The van der Waals surface area contributed by atoms with Crippen molar-refractivity contribution in [1.29, 1.82) is 0 Å². The summed E-state index contributed by atoms with van der Waals surface area (Å²) in [6.07, 6.45) is -2.39. The van der Waals surface area contributed by atoms with E-state index in [1.54, 1.807) is 0 Å². The fourth-order valence-corrected chi connectivity index (χ4v) is 1.08. The van der Waals surface area contributed by atoms with Crippen molar-refractivity contribution >= 4 is 5.91 Å². The maximum absolute atomic E-state index is 13.1. The molecule has 1 atom stereocenters. The highest BCUT2D eigenvalue weighted by atomic mass is 19.2. The molecular formula is C9H10F3NO. The molecule has 0 heterocycles. The Balaban J connectivity index is 2.92. The first kappa shape index (κ1) is 8.08. The number of allylic oxidation sites excluding steroid dienone is 4. The third-order valence-corrected chi connectivity index (χ3v) is 1.76. The Hall–Kier alpha value is -1.26. The second-order valence-electron chi connectivity index (χ2n) is 2.90. The average Bonchev–Trinajstić information content (AvgIpc) is 2.19. The van der Waals surface area contributed by atoms with E-state index in [1.165, 1.54) is 0 Å². The van der Waals surface area contributed by atoms with Gasteiger partial charge in [0.05, 0.1) is 0 Å². The van der Waals surface area contributed by atoms with Gasteiger partial charge in [-0.25, -0.2) is 13.2 Å². The molecule has 0 spiro atoms. The van der Waals surface area contributed by atoms with Gasteiger partial charge in [0.15, 0.2) is 11.7 Å². The summed E-state index contributed by atoms with van der Waals surface area (Å²) in [5.41, 5.74) is 4.84. The van der Waals surface area contributed by atoms with Gasteiger partial charge >= 0.3 is 0 Å². The number of amides is 1. The minimum Gasteiger partial charge on any atom is -0.370 e. The SMILES string of the molecule is [2H]C1([2H])C(F)=C(F)C(F)=CC1CCC(N)=O. The second kappa shape index (κ2) is 4.30. The standard InChI is InChI=1S/C9H10F3NO/c10-6-3-5(1-2-8(13)14)4-7(11)9(6)12/h3,5H,1-2,4H2,(H2,13,14)/i4D2.